The van der Waals surface area contributed by atoms with E-state index >= 15 is 0 Å². The molecule has 1 spiro atoms. The van der Waals surface area contributed by atoms with Gasteiger partial charge in [0.2, 0.25) is 5.88 Å². The van der Waals surface area contributed by atoms with Gasteiger partial charge in [-0.1, -0.05) is 18.2 Å². The summed E-state index contributed by atoms with van der Waals surface area (Å²) < 4.78 is 6.19. The molecule has 3 aromatic rings. The fraction of sp³-hybridized carbons (Fsp3) is 0.364. The van der Waals surface area contributed by atoms with Gasteiger partial charge in [-0.25, -0.2) is 4.98 Å². The molecule has 0 radical (unpaired) electrons. The minimum atomic E-state index is -0.00310. The van der Waals surface area contributed by atoms with E-state index in [0.29, 0.717) is 23.0 Å². The maximum atomic E-state index is 13.5. The number of aromatic nitrogens is 4. The number of carbonyl (C=O) groups excluding carboxylic acids is 1. The van der Waals surface area contributed by atoms with Crippen molar-refractivity contribution in [1.29, 1.82) is 0 Å². The van der Waals surface area contributed by atoms with Crippen molar-refractivity contribution in [3.05, 3.63) is 66.1 Å². The van der Waals surface area contributed by atoms with Crippen LogP contribution < -0.4 is 4.74 Å². The molecule has 1 aliphatic heterocycles. The first-order valence-corrected chi connectivity index (χ1v) is 10.0. The summed E-state index contributed by atoms with van der Waals surface area (Å²) in [5.41, 5.74) is 2.68. The summed E-state index contributed by atoms with van der Waals surface area (Å²) in [6.07, 6.45) is 7.25. The SMILES string of the molecule is Cc1ccc(OC2CC34CC3CN(C(=O)c3ccccc3-n3nccn3)C24)nc1. The molecule has 1 amide bonds. The van der Waals surface area contributed by atoms with Crippen LogP contribution in [-0.4, -0.2) is 49.5 Å². The molecule has 2 saturated carbocycles. The maximum Gasteiger partial charge on any atom is 0.256 e. The van der Waals surface area contributed by atoms with E-state index in [1.807, 2.05) is 54.4 Å². The van der Waals surface area contributed by atoms with Crippen LogP contribution >= 0.6 is 0 Å². The Kier molecular flexibility index (Phi) is 3.39. The Labute approximate surface area is 168 Å². The molecule has 2 aliphatic carbocycles. The summed E-state index contributed by atoms with van der Waals surface area (Å²) in [7, 11) is 0. The van der Waals surface area contributed by atoms with Crippen LogP contribution in [0.5, 0.6) is 5.88 Å². The van der Waals surface area contributed by atoms with Crippen molar-refractivity contribution < 1.29 is 9.53 Å². The van der Waals surface area contributed by atoms with Crippen molar-refractivity contribution in [3.63, 3.8) is 0 Å². The molecular weight excluding hydrogens is 366 g/mol. The van der Waals surface area contributed by atoms with Crippen molar-refractivity contribution >= 4 is 5.91 Å². The van der Waals surface area contributed by atoms with E-state index in [0.717, 1.165) is 18.5 Å². The lowest BCUT2D eigenvalue weighted by molar-refractivity contribution is -0.0345. The van der Waals surface area contributed by atoms with E-state index in [1.54, 1.807) is 12.4 Å². The topological polar surface area (TPSA) is 73.1 Å². The Morgan fingerprint density at radius 2 is 1.97 bits per heavy atom. The second-order valence-electron chi connectivity index (χ2n) is 8.41. The summed E-state index contributed by atoms with van der Waals surface area (Å²) in [6.45, 7) is 2.80. The summed E-state index contributed by atoms with van der Waals surface area (Å²) >= 11 is 0. The van der Waals surface area contributed by atoms with Gasteiger partial charge in [0.15, 0.2) is 0 Å². The van der Waals surface area contributed by atoms with Gasteiger partial charge in [-0.2, -0.15) is 15.0 Å². The molecule has 6 rings (SSSR count). The van der Waals surface area contributed by atoms with Crippen molar-refractivity contribution in [3.8, 4) is 11.6 Å². The molecule has 29 heavy (non-hydrogen) atoms. The zero-order valence-electron chi connectivity index (χ0n) is 16.1. The third kappa shape index (κ3) is 2.43. The van der Waals surface area contributed by atoms with Gasteiger partial charge in [-0.05, 0) is 43.4 Å². The van der Waals surface area contributed by atoms with E-state index in [2.05, 4.69) is 15.2 Å². The third-order valence-corrected chi connectivity index (χ3v) is 6.74. The Morgan fingerprint density at radius 3 is 2.76 bits per heavy atom. The molecule has 7 nitrogen and oxygen atoms in total. The summed E-state index contributed by atoms with van der Waals surface area (Å²) in [4.78, 5) is 21.4. The van der Waals surface area contributed by atoms with Gasteiger partial charge in [0.05, 0.1) is 29.7 Å². The summed E-state index contributed by atoms with van der Waals surface area (Å²) in [6, 6.07) is 11.5. The van der Waals surface area contributed by atoms with Gasteiger partial charge < -0.3 is 9.64 Å². The van der Waals surface area contributed by atoms with Crippen LogP contribution in [0.25, 0.3) is 5.69 Å². The minimum absolute atomic E-state index is 0.00310. The van der Waals surface area contributed by atoms with Crippen molar-refractivity contribution in [2.45, 2.75) is 31.9 Å². The Bertz CT molecular complexity index is 1080. The molecule has 4 unspecified atom stereocenters. The lowest BCUT2D eigenvalue weighted by Crippen LogP contribution is -2.59. The smallest absolute Gasteiger partial charge is 0.256 e. The van der Waals surface area contributed by atoms with Gasteiger partial charge in [-0.15, -0.1) is 0 Å². The van der Waals surface area contributed by atoms with E-state index in [4.69, 9.17) is 4.74 Å². The normalized spacial score (nSPS) is 29.0. The first-order chi connectivity index (χ1) is 14.2. The van der Waals surface area contributed by atoms with Crippen LogP contribution in [0.3, 0.4) is 0 Å². The number of pyridine rings is 1. The predicted molar refractivity (Wildman–Crippen MR) is 105 cm³/mol. The predicted octanol–water partition coefficient (Wildman–Crippen LogP) is 2.65. The number of aryl methyl sites for hydroxylation is 1. The van der Waals surface area contributed by atoms with E-state index in [-0.39, 0.29) is 23.5 Å². The number of hydrogen-bond donors (Lipinski definition) is 0. The molecule has 3 aliphatic rings. The zero-order chi connectivity index (χ0) is 19.6. The lowest BCUT2D eigenvalue weighted by atomic mass is 9.73. The number of ether oxygens (including phenoxy) is 1. The zero-order valence-corrected chi connectivity index (χ0v) is 16.1. The highest BCUT2D eigenvalue weighted by Gasteiger charge is 2.76. The largest absolute Gasteiger partial charge is 0.472 e. The second kappa shape index (κ2) is 5.89. The van der Waals surface area contributed by atoms with Crippen LogP contribution in [0.2, 0.25) is 0 Å². The minimum Gasteiger partial charge on any atom is -0.472 e. The molecule has 146 valence electrons. The summed E-state index contributed by atoms with van der Waals surface area (Å²) in [5, 5.41) is 8.41. The molecule has 2 aromatic heterocycles. The first-order valence-electron chi connectivity index (χ1n) is 10.0. The summed E-state index contributed by atoms with van der Waals surface area (Å²) in [5.74, 6) is 1.25. The molecule has 0 bridgehead atoms. The molecule has 3 fully saturated rings. The number of hydrogen-bond acceptors (Lipinski definition) is 5. The first kappa shape index (κ1) is 16.7. The molecular formula is C22H21N5O2. The highest BCUT2D eigenvalue weighted by Crippen LogP contribution is 2.71. The van der Waals surface area contributed by atoms with Crippen LogP contribution in [-0.2, 0) is 0 Å². The fourth-order valence-corrected chi connectivity index (χ4v) is 5.26. The van der Waals surface area contributed by atoms with Gasteiger partial charge in [-0.3, -0.25) is 4.79 Å². The Morgan fingerprint density at radius 1 is 1.14 bits per heavy atom. The molecule has 4 atom stereocenters. The average Bonchev–Trinajstić information content (AvgIpc) is 3.10. The average molecular weight is 387 g/mol. The molecule has 1 aromatic carbocycles. The van der Waals surface area contributed by atoms with Crippen molar-refractivity contribution in [1.82, 2.24) is 24.9 Å². The molecule has 1 saturated heterocycles. The highest BCUT2D eigenvalue weighted by atomic mass is 16.5. The Hall–Kier alpha value is -3.22. The van der Waals surface area contributed by atoms with E-state index in [1.165, 1.54) is 11.2 Å². The van der Waals surface area contributed by atoms with Crippen LogP contribution in [0.15, 0.2) is 55.0 Å². The Balaban J connectivity index is 1.28. The number of amides is 1. The van der Waals surface area contributed by atoms with Crippen molar-refractivity contribution in [2.24, 2.45) is 11.3 Å². The van der Waals surface area contributed by atoms with Crippen LogP contribution in [0.4, 0.5) is 0 Å². The molecule has 0 N–H and O–H groups in total. The van der Waals surface area contributed by atoms with Gasteiger partial charge >= 0.3 is 0 Å². The van der Waals surface area contributed by atoms with Gasteiger partial charge in [0.25, 0.3) is 5.91 Å². The number of piperidine rings is 1. The molecule has 7 heteroatoms. The van der Waals surface area contributed by atoms with Gasteiger partial charge in [0.1, 0.15) is 6.10 Å². The number of benzene rings is 1. The fourth-order valence-electron chi connectivity index (χ4n) is 5.26. The standard InChI is InChI=1S/C22H21N5O2/c1-14-6-7-19(23-12-14)29-18-11-22-10-15(22)13-26(20(18)22)21(28)16-4-2-3-5-17(16)27-24-8-9-25-27/h2-9,12,15,18,20H,10-11,13H2,1H3. The number of nitrogens with zero attached hydrogens (tertiary/aromatic N) is 5. The second-order valence-corrected chi connectivity index (χ2v) is 8.41. The number of likely N-dealkylation sites (tertiary alicyclic amines) is 1. The monoisotopic (exact) mass is 387 g/mol. The number of para-hydroxylation sites is 1. The quantitative estimate of drug-likeness (QED) is 0.688. The van der Waals surface area contributed by atoms with Crippen LogP contribution in [0.1, 0.15) is 28.8 Å². The lowest BCUT2D eigenvalue weighted by Gasteiger charge is -2.47. The van der Waals surface area contributed by atoms with Gasteiger partial charge in [0, 0.05) is 24.2 Å². The van der Waals surface area contributed by atoms with E-state index in [9.17, 15) is 4.79 Å². The van der Waals surface area contributed by atoms with E-state index < -0.39 is 0 Å². The van der Waals surface area contributed by atoms with Crippen LogP contribution in [0, 0.1) is 18.3 Å². The number of carbonyl (C=O) groups is 1. The third-order valence-electron chi connectivity index (χ3n) is 6.74. The van der Waals surface area contributed by atoms with Crippen molar-refractivity contribution in [2.75, 3.05) is 6.54 Å². The maximum absolute atomic E-state index is 13.5. The number of rotatable bonds is 4. The molecule has 3 heterocycles. The highest BCUT2D eigenvalue weighted by molar-refractivity contribution is 5.98.